The fourth-order valence-corrected chi connectivity index (χ4v) is 2.74. The van der Waals surface area contributed by atoms with Crippen molar-refractivity contribution in [3.63, 3.8) is 0 Å². The molecule has 0 spiro atoms. The lowest BCUT2D eigenvalue weighted by Crippen LogP contribution is -2.31. The van der Waals surface area contributed by atoms with Crippen molar-refractivity contribution in [1.29, 1.82) is 0 Å². The van der Waals surface area contributed by atoms with Gasteiger partial charge in [-0.1, -0.05) is 0 Å². The molecule has 0 saturated heterocycles. The third-order valence-corrected chi connectivity index (χ3v) is 3.60. The highest BCUT2D eigenvalue weighted by Gasteiger charge is 2.41. The quantitative estimate of drug-likeness (QED) is 0.739. The molecule has 0 bridgehead atoms. The van der Waals surface area contributed by atoms with Crippen LogP contribution in [0, 0.1) is 0 Å². The van der Waals surface area contributed by atoms with Crippen LogP contribution in [0.5, 0.6) is 0 Å². The third-order valence-electron chi connectivity index (χ3n) is 3.60. The summed E-state index contributed by atoms with van der Waals surface area (Å²) in [7, 11) is 0. The molecule has 1 aromatic rings. The molecule has 1 aromatic heterocycles. The van der Waals surface area contributed by atoms with Crippen molar-refractivity contribution in [2.45, 2.75) is 57.6 Å². The van der Waals surface area contributed by atoms with Gasteiger partial charge in [0.2, 0.25) is 0 Å². The zero-order valence-corrected chi connectivity index (χ0v) is 11.1. The molecule has 1 saturated carbocycles. The molecule has 1 aliphatic carbocycles. The van der Waals surface area contributed by atoms with Crippen LogP contribution in [0.2, 0.25) is 0 Å². The van der Waals surface area contributed by atoms with Gasteiger partial charge < -0.3 is 10.5 Å². The first-order valence-corrected chi connectivity index (χ1v) is 6.93. The largest absolute Gasteiger partial charge is 0.367 e. The number of nitrogens with zero attached hydrogens (tertiary/aromatic N) is 4. The first-order valence-electron chi connectivity index (χ1n) is 6.93. The van der Waals surface area contributed by atoms with Crippen LogP contribution in [0.15, 0.2) is 0 Å². The van der Waals surface area contributed by atoms with Crippen molar-refractivity contribution in [1.82, 2.24) is 20.2 Å². The van der Waals surface area contributed by atoms with Gasteiger partial charge in [-0.25, -0.2) is 4.68 Å². The van der Waals surface area contributed by atoms with Crippen molar-refractivity contribution in [2.24, 2.45) is 5.73 Å². The molecule has 6 heteroatoms. The predicted octanol–water partition coefficient (Wildman–Crippen LogP) is 1.22. The van der Waals surface area contributed by atoms with Crippen LogP contribution in [0.1, 0.15) is 51.3 Å². The van der Waals surface area contributed by atoms with Gasteiger partial charge in [0.1, 0.15) is 5.60 Å². The number of rotatable bonds is 7. The number of aromatic nitrogens is 4. The van der Waals surface area contributed by atoms with Crippen LogP contribution in [0.3, 0.4) is 0 Å². The molecule has 1 heterocycles. The highest BCUT2D eigenvalue weighted by atomic mass is 16.5. The van der Waals surface area contributed by atoms with Gasteiger partial charge in [0, 0.05) is 13.2 Å². The van der Waals surface area contributed by atoms with Gasteiger partial charge in [0.05, 0.1) is 0 Å². The average molecular weight is 253 g/mol. The SMILES string of the molecule is CCOC1(c2nnnn2CCCCN)CCCC1. The van der Waals surface area contributed by atoms with E-state index in [0.29, 0.717) is 13.2 Å². The molecule has 0 unspecified atom stereocenters. The third kappa shape index (κ3) is 2.70. The monoisotopic (exact) mass is 253 g/mol. The molecule has 18 heavy (non-hydrogen) atoms. The van der Waals surface area contributed by atoms with Crippen LogP contribution in [0.4, 0.5) is 0 Å². The Balaban J connectivity index is 2.12. The summed E-state index contributed by atoms with van der Waals surface area (Å²) in [5.41, 5.74) is 5.27. The minimum atomic E-state index is -0.249. The Morgan fingerprint density at radius 2 is 2.11 bits per heavy atom. The van der Waals surface area contributed by atoms with Gasteiger partial charge in [-0.3, -0.25) is 0 Å². The molecule has 1 fully saturated rings. The molecular formula is C12H23N5O. The zero-order valence-electron chi connectivity index (χ0n) is 11.1. The van der Waals surface area contributed by atoms with Crippen LogP contribution in [0.25, 0.3) is 0 Å². The van der Waals surface area contributed by atoms with E-state index in [4.69, 9.17) is 10.5 Å². The predicted molar refractivity (Wildman–Crippen MR) is 67.9 cm³/mol. The Bertz CT molecular complexity index is 359. The Labute approximate surface area is 108 Å². The summed E-state index contributed by atoms with van der Waals surface area (Å²) in [6.07, 6.45) is 6.44. The summed E-state index contributed by atoms with van der Waals surface area (Å²) in [6, 6.07) is 0. The zero-order chi connectivity index (χ0) is 12.8. The fourth-order valence-electron chi connectivity index (χ4n) is 2.74. The van der Waals surface area contributed by atoms with Gasteiger partial charge >= 0.3 is 0 Å². The standard InChI is InChI=1S/C12H23N5O/c1-2-18-12(7-3-4-8-12)11-14-15-16-17(11)10-6-5-9-13/h2-10,13H2,1H3. The Morgan fingerprint density at radius 1 is 1.33 bits per heavy atom. The second kappa shape index (κ2) is 6.24. The number of ether oxygens (including phenoxy) is 1. The number of tetrazole rings is 1. The number of hydrogen-bond acceptors (Lipinski definition) is 5. The van der Waals surface area contributed by atoms with E-state index in [1.54, 1.807) is 0 Å². The van der Waals surface area contributed by atoms with Crippen molar-refractivity contribution < 1.29 is 4.74 Å². The minimum absolute atomic E-state index is 0.249. The van der Waals surface area contributed by atoms with E-state index in [9.17, 15) is 0 Å². The average Bonchev–Trinajstić information content (AvgIpc) is 2.99. The van der Waals surface area contributed by atoms with Crippen LogP contribution < -0.4 is 5.73 Å². The van der Waals surface area contributed by atoms with Gasteiger partial charge in [0.25, 0.3) is 0 Å². The lowest BCUT2D eigenvalue weighted by atomic mass is 10.0. The number of aryl methyl sites for hydroxylation is 1. The maximum Gasteiger partial charge on any atom is 0.183 e. The summed E-state index contributed by atoms with van der Waals surface area (Å²) in [5.74, 6) is 0.902. The van der Waals surface area contributed by atoms with E-state index < -0.39 is 0 Å². The van der Waals surface area contributed by atoms with Crippen molar-refractivity contribution in [2.75, 3.05) is 13.2 Å². The number of nitrogens with two attached hydrogens (primary N) is 1. The lowest BCUT2D eigenvalue weighted by molar-refractivity contribution is -0.0489. The Morgan fingerprint density at radius 3 is 2.78 bits per heavy atom. The second-order valence-corrected chi connectivity index (χ2v) is 4.86. The molecule has 0 aromatic carbocycles. The van der Waals surface area contributed by atoms with E-state index in [0.717, 1.165) is 38.1 Å². The molecule has 1 aliphatic rings. The summed E-state index contributed by atoms with van der Waals surface area (Å²) >= 11 is 0. The van der Waals surface area contributed by atoms with E-state index >= 15 is 0 Å². The van der Waals surface area contributed by atoms with E-state index in [1.165, 1.54) is 12.8 Å². The van der Waals surface area contributed by atoms with Crippen LogP contribution in [-0.4, -0.2) is 33.4 Å². The van der Waals surface area contributed by atoms with Gasteiger partial charge in [0.15, 0.2) is 5.82 Å². The summed E-state index contributed by atoms with van der Waals surface area (Å²) in [4.78, 5) is 0. The van der Waals surface area contributed by atoms with E-state index in [2.05, 4.69) is 15.5 Å². The van der Waals surface area contributed by atoms with Gasteiger partial charge in [-0.2, -0.15) is 0 Å². The topological polar surface area (TPSA) is 78.9 Å². The summed E-state index contributed by atoms with van der Waals surface area (Å²) < 4.78 is 7.89. The summed E-state index contributed by atoms with van der Waals surface area (Å²) in [6.45, 7) is 4.28. The summed E-state index contributed by atoms with van der Waals surface area (Å²) in [5, 5.41) is 12.1. The van der Waals surface area contributed by atoms with Crippen molar-refractivity contribution in [3.8, 4) is 0 Å². The first-order chi connectivity index (χ1) is 8.82. The molecule has 0 amide bonds. The van der Waals surface area contributed by atoms with E-state index in [-0.39, 0.29) is 5.60 Å². The maximum atomic E-state index is 5.99. The normalized spacial score (nSPS) is 18.3. The Hall–Kier alpha value is -1.01. The minimum Gasteiger partial charge on any atom is -0.367 e. The first kappa shape index (κ1) is 13.4. The smallest absolute Gasteiger partial charge is 0.183 e. The fraction of sp³-hybridized carbons (Fsp3) is 0.917. The highest BCUT2D eigenvalue weighted by molar-refractivity contribution is 5.03. The molecule has 6 nitrogen and oxygen atoms in total. The Kier molecular flexibility index (Phi) is 4.66. The van der Waals surface area contributed by atoms with E-state index in [1.807, 2.05) is 11.6 Å². The molecule has 0 atom stereocenters. The molecule has 0 radical (unpaired) electrons. The highest BCUT2D eigenvalue weighted by Crippen LogP contribution is 2.40. The van der Waals surface area contributed by atoms with Crippen LogP contribution in [-0.2, 0) is 16.9 Å². The molecular weight excluding hydrogens is 230 g/mol. The number of hydrogen-bond donors (Lipinski definition) is 1. The van der Waals surface area contributed by atoms with Crippen LogP contribution >= 0.6 is 0 Å². The van der Waals surface area contributed by atoms with Gasteiger partial charge in [-0.05, 0) is 62.4 Å². The maximum absolute atomic E-state index is 5.99. The van der Waals surface area contributed by atoms with Crippen molar-refractivity contribution in [3.05, 3.63) is 5.82 Å². The van der Waals surface area contributed by atoms with Crippen molar-refractivity contribution >= 4 is 0 Å². The van der Waals surface area contributed by atoms with Gasteiger partial charge in [-0.15, -0.1) is 5.10 Å². The number of unbranched alkanes of at least 4 members (excludes halogenated alkanes) is 1. The molecule has 2 N–H and O–H groups in total. The molecule has 102 valence electrons. The second-order valence-electron chi connectivity index (χ2n) is 4.86. The molecule has 0 aliphatic heterocycles. The lowest BCUT2D eigenvalue weighted by Gasteiger charge is -2.27. The molecule has 2 rings (SSSR count).